The third kappa shape index (κ3) is 3.93. The molecule has 1 atom stereocenters. The maximum Gasteiger partial charge on any atom is 0.452 e. The van der Waals surface area contributed by atoms with Crippen LogP contribution < -0.4 is 11.1 Å². The number of nitrogens with two attached hydrogens (primary N) is 1. The summed E-state index contributed by atoms with van der Waals surface area (Å²) in [6.07, 6.45) is -2.87. The summed E-state index contributed by atoms with van der Waals surface area (Å²) in [6.45, 7) is 2.43. The van der Waals surface area contributed by atoms with Gasteiger partial charge in [0.25, 0.3) is 0 Å². The molecule has 0 saturated carbocycles. The van der Waals surface area contributed by atoms with Gasteiger partial charge in [0, 0.05) is 17.6 Å². The lowest BCUT2D eigenvalue weighted by Crippen LogP contribution is -2.17. The van der Waals surface area contributed by atoms with Gasteiger partial charge in [-0.2, -0.15) is 22.5 Å². The fourth-order valence-electron chi connectivity index (χ4n) is 1.10. The van der Waals surface area contributed by atoms with Gasteiger partial charge in [0.1, 0.15) is 0 Å². The largest absolute Gasteiger partial charge is 0.452 e. The van der Waals surface area contributed by atoms with Gasteiger partial charge in [-0.15, -0.1) is 0 Å². The van der Waals surface area contributed by atoms with Crippen molar-refractivity contribution in [3.63, 3.8) is 0 Å². The molecule has 0 aliphatic heterocycles. The highest BCUT2D eigenvalue weighted by atomic mass is 32.1. The molecule has 1 rings (SSSR count). The highest BCUT2D eigenvalue weighted by Crippen LogP contribution is 2.29. The second kappa shape index (κ2) is 5.44. The first-order valence-corrected chi connectivity index (χ1v) is 5.58. The van der Waals surface area contributed by atoms with E-state index in [9.17, 15) is 13.2 Å². The quantitative estimate of drug-likeness (QED) is 0.844. The standard InChI is InChI=1S/C8H13F3N4S/c1-5(3-2-4-12)13-7-14-6(15-16-7)8(9,10)11/h5H,2-4,12H2,1H3,(H,13,14,15). The molecule has 0 radical (unpaired) electrons. The summed E-state index contributed by atoms with van der Waals surface area (Å²) in [4.78, 5) is 3.37. The summed E-state index contributed by atoms with van der Waals surface area (Å²) in [5.74, 6) is -1.09. The molecule has 92 valence electrons. The van der Waals surface area contributed by atoms with Crippen LogP contribution >= 0.6 is 11.5 Å². The summed E-state index contributed by atoms with van der Waals surface area (Å²) in [7, 11) is 0. The second-order valence-corrected chi connectivity index (χ2v) is 4.15. The number of rotatable bonds is 5. The second-order valence-electron chi connectivity index (χ2n) is 3.40. The molecular weight excluding hydrogens is 241 g/mol. The Morgan fingerprint density at radius 3 is 2.69 bits per heavy atom. The number of hydrogen-bond acceptors (Lipinski definition) is 5. The van der Waals surface area contributed by atoms with Crippen molar-refractivity contribution in [1.29, 1.82) is 0 Å². The van der Waals surface area contributed by atoms with Crippen molar-refractivity contribution >= 4 is 16.7 Å². The Morgan fingerprint density at radius 2 is 2.19 bits per heavy atom. The minimum atomic E-state index is -4.48. The first kappa shape index (κ1) is 13.2. The molecule has 0 amide bonds. The van der Waals surface area contributed by atoms with Crippen LogP contribution in [0.5, 0.6) is 0 Å². The van der Waals surface area contributed by atoms with Gasteiger partial charge in [-0.25, -0.2) is 0 Å². The summed E-state index contributed by atoms with van der Waals surface area (Å²) in [5.41, 5.74) is 5.33. The zero-order chi connectivity index (χ0) is 12.2. The molecule has 1 aromatic rings. The maximum absolute atomic E-state index is 12.2. The van der Waals surface area contributed by atoms with Gasteiger partial charge in [-0.05, 0) is 26.3 Å². The molecule has 4 nitrogen and oxygen atoms in total. The van der Waals surface area contributed by atoms with E-state index in [1.165, 1.54) is 0 Å². The first-order valence-electron chi connectivity index (χ1n) is 4.81. The molecule has 1 aromatic heterocycles. The van der Waals surface area contributed by atoms with Gasteiger partial charge in [-0.1, -0.05) is 0 Å². The van der Waals surface area contributed by atoms with Crippen LogP contribution in [0.25, 0.3) is 0 Å². The fraction of sp³-hybridized carbons (Fsp3) is 0.750. The van der Waals surface area contributed by atoms with E-state index < -0.39 is 12.0 Å². The normalized spacial score (nSPS) is 13.8. The molecule has 0 bridgehead atoms. The van der Waals surface area contributed by atoms with Crippen LogP contribution in [-0.4, -0.2) is 21.9 Å². The minimum Gasteiger partial charge on any atom is -0.358 e. The van der Waals surface area contributed by atoms with Crippen molar-refractivity contribution in [2.24, 2.45) is 5.73 Å². The molecule has 3 N–H and O–H groups in total. The lowest BCUT2D eigenvalue weighted by molar-refractivity contribution is -0.144. The smallest absolute Gasteiger partial charge is 0.358 e. The summed E-state index contributed by atoms with van der Waals surface area (Å²) >= 11 is 0.715. The van der Waals surface area contributed by atoms with Crippen LogP contribution in [0.15, 0.2) is 0 Å². The van der Waals surface area contributed by atoms with Gasteiger partial charge < -0.3 is 11.1 Å². The third-order valence-electron chi connectivity index (χ3n) is 1.89. The van der Waals surface area contributed by atoms with Gasteiger partial charge in [0.2, 0.25) is 11.0 Å². The van der Waals surface area contributed by atoms with E-state index in [2.05, 4.69) is 14.7 Å². The Balaban J connectivity index is 2.52. The number of nitrogens with zero attached hydrogens (tertiary/aromatic N) is 2. The Bertz CT molecular complexity index is 325. The summed E-state index contributed by atoms with van der Waals surface area (Å²) < 4.78 is 39.8. The molecule has 0 aliphatic carbocycles. The molecule has 1 unspecified atom stereocenters. The van der Waals surface area contributed by atoms with Crippen LogP contribution in [-0.2, 0) is 6.18 Å². The number of halogens is 3. The van der Waals surface area contributed by atoms with Crippen molar-refractivity contribution in [2.75, 3.05) is 11.9 Å². The minimum absolute atomic E-state index is 0.0394. The number of alkyl halides is 3. The third-order valence-corrected chi connectivity index (χ3v) is 2.54. The summed E-state index contributed by atoms with van der Waals surface area (Å²) in [6, 6.07) is 0.0394. The molecule has 0 fully saturated rings. The van der Waals surface area contributed by atoms with Crippen molar-refractivity contribution in [3.05, 3.63) is 5.82 Å². The SMILES string of the molecule is CC(CCCN)Nc1nc(C(F)(F)F)ns1. The zero-order valence-corrected chi connectivity index (χ0v) is 9.53. The van der Waals surface area contributed by atoms with E-state index in [0.29, 0.717) is 18.1 Å². The van der Waals surface area contributed by atoms with E-state index in [0.717, 1.165) is 12.8 Å². The Hall–Kier alpha value is -0.890. The molecular formula is C8H13F3N4S. The van der Waals surface area contributed by atoms with E-state index in [1.54, 1.807) is 0 Å². The van der Waals surface area contributed by atoms with Crippen molar-refractivity contribution in [1.82, 2.24) is 9.36 Å². The van der Waals surface area contributed by atoms with Crippen LogP contribution in [0.2, 0.25) is 0 Å². The van der Waals surface area contributed by atoms with Crippen molar-refractivity contribution < 1.29 is 13.2 Å². The number of anilines is 1. The van der Waals surface area contributed by atoms with Crippen LogP contribution in [0, 0.1) is 0 Å². The monoisotopic (exact) mass is 254 g/mol. The molecule has 0 spiro atoms. The molecule has 1 heterocycles. The predicted octanol–water partition coefficient (Wildman–Crippen LogP) is 2.10. The highest BCUT2D eigenvalue weighted by molar-refractivity contribution is 7.09. The molecule has 0 aromatic carbocycles. The molecule has 0 saturated heterocycles. The van der Waals surface area contributed by atoms with E-state index in [-0.39, 0.29) is 11.2 Å². The Kier molecular flexibility index (Phi) is 4.48. The van der Waals surface area contributed by atoms with Crippen molar-refractivity contribution in [3.8, 4) is 0 Å². The van der Waals surface area contributed by atoms with E-state index in [4.69, 9.17) is 5.73 Å². The molecule has 16 heavy (non-hydrogen) atoms. The highest BCUT2D eigenvalue weighted by Gasteiger charge is 2.36. The van der Waals surface area contributed by atoms with Gasteiger partial charge >= 0.3 is 6.18 Å². The van der Waals surface area contributed by atoms with Gasteiger partial charge in [0.05, 0.1) is 0 Å². The zero-order valence-electron chi connectivity index (χ0n) is 8.71. The topological polar surface area (TPSA) is 63.8 Å². The Morgan fingerprint density at radius 1 is 1.50 bits per heavy atom. The fourth-order valence-corrected chi connectivity index (χ4v) is 1.80. The lowest BCUT2D eigenvalue weighted by Gasteiger charge is -2.11. The number of hydrogen-bond donors (Lipinski definition) is 2. The average Bonchev–Trinajstić information content (AvgIpc) is 2.62. The van der Waals surface area contributed by atoms with Crippen molar-refractivity contribution in [2.45, 2.75) is 32.0 Å². The van der Waals surface area contributed by atoms with Crippen LogP contribution in [0.4, 0.5) is 18.3 Å². The van der Waals surface area contributed by atoms with E-state index >= 15 is 0 Å². The molecule has 0 aliphatic rings. The van der Waals surface area contributed by atoms with Gasteiger partial charge in [0.15, 0.2) is 0 Å². The van der Waals surface area contributed by atoms with E-state index in [1.807, 2.05) is 6.92 Å². The number of nitrogens with one attached hydrogen (secondary N) is 1. The van der Waals surface area contributed by atoms with Gasteiger partial charge in [-0.3, -0.25) is 0 Å². The van der Waals surface area contributed by atoms with Crippen LogP contribution in [0.1, 0.15) is 25.6 Å². The molecule has 8 heteroatoms. The predicted molar refractivity (Wildman–Crippen MR) is 56.3 cm³/mol. The maximum atomic E-state index is 12.2. The summed E-state index contributed by atoms with van der Waals surface area (Å²) in [5, 5.41) is 3.05. The average molecular weight is 254 g/mol. The van der Waals surface area contributed by atoms with Crippen LogP contribution in [0.3, 0.4) is 0 Å². The lowest BCUT2D eigenvalue weighted by atomic mass is 10.2. The first-order chi connectivity index (χ1) is 7.43. The Labute approximate surface area is 95.2 Å². The number of aromatic nitrogens is 2.